The topological polar surface area (TPSA) is 53.2 Å². The Morgan fingerprint density at radius 1 is 1.71 bits per heavy atom. The molecule has 1 N–H and O–H groups in total. The molecule has 0 aliphatic heterocycles. The van der Waals surface area contributed by atoms with Crippen molar-refractivity contribution in [1.82, 2.24) is 0 Å². The van der Waals surface area contributed by atoms with Gasteiger partial charge in [-0.05, 0) is 11.8 Å². The maximum Gasteiger partial charge on any atom is 0.0952 e. The first-order valence-corrected chi connectivity index (χ1v) is 5.62. The number of hydrogen-bond donors (Lipinski definition) is 1. The fraction of sp³-hybridized carbons (Fsp3) is 0.700. The lowest BCUT2D eigenvalue weighted by molar-refractivity contribution is 0.0950. The third-order valence-corrected chi connectivity index (χ3v) is 2.58. The zero-order valence-corrected chi connectivity index (χ0v) is 9.51. The highest BCUT2D eigenvalue weighted by Gasteiger charge is 2.01. The number of aliphatic hydroxyl groups excluding tert-OH is 1. The minimum Gasteiger partial charge on any atom is -0.394 e. The van der Waals surface area contributed by atoms with Gasteiger partial charge >= 0.3 is 0 Å². The Hall–Kier alpha value is -0.500. The van der Waals surface area contributed by atoms with E-state index in [1.165, 1.54) is 0 Å². The van der Waals surface area contributed by atoms with E-state index in [1.807, 2.05) is 19.3 Å². The van der Waals surface area contributed by atoms with E-state index >= 15 is 0 Å². The van der Waals surface area contributed by atoms with Crippen LogP contribution in [0, 0.1) is 11.3 Å². The molecule has 0 aromatic rings. The van der Waals surface area contributed by atoms with Crippen LogP contribution in [0.2, 0.25) is 0 Å². The van der Waals surface area contributed by atoms with Crippen molar-refractivity contribution in [2.45, 2.75) is 25.5 Å². The molecule has 0 aromatic heterocycles. The molecule has 0 amide bonds. The highest BCUT2D eigenvalue weighted by Crippen LogP contribution is 2.15. The minimum atomic E-state index is 0.0611. The van der Waals surface area contributed by atoms with Crippen molar-refractivity contribution in [2.24, 2.45) is 0 Å². The maximum absolute atomic E-state index is 8.66. The Bertz CT molecular complexity index is 211. The number of nitriles is 1. The molecular weight excluding hydrogens is 198 g/mol. The molecule has 4 heteroatoms. The Morgan fingerprint density at radius 2 is 2.43 bits per heavy atom. The Balaban J connectivity index is 3.67. The normalized spacial score (nSPS) is 13.7. The van der Waals surface area contributed by atoms with Crippen molar-refractivity contribution >= 4 is 11.8 Å². The molecule has 0 heterocycles. The van der Waals surface area contributed by atoms with Gasteiger partial charge in [0.25, 0.3) is 0 Å². The third-order valence-electron chi connectivity index (χ3n) is 1.56. The molecule has 0 fully saturated rings. The molecule has 1 unspecified atom stereocenters. The Labute approximate surface area is 89.8 Å². The highest BCUT2D eigenvalue weighted by atomic mass is 32.2. The van der Waals surface area contributed by atoms with E-state index < -0.39 is 0 Å². The van der Waals surface area contributed by atoms with Crippen LogP contribution in [-0.4, -0.2) is 30.2 Å². The second-order valence-corrected chi connectivity index (χ2v) is 4.17. The number of hydrogen-bond acceptors (Lipinski definition) is 4. The summed E-state index contributed by atoms with van der Waals surface area (Å²) in [5, 5.41) is 19.3. The van der Waals surface area contributed by atoms with Crippen molar-refractivity contribution in [3.05, 3.63) is 11.0 Å². The molecule has 0 spiro atoms. The summed E-state index contributed by atoms with van der Waals surface area (Å²) in [6.45, 7) is 5.04. The van der Waals surface area contributed by atoms with Crippen molar-refractivity contribution in [2.75, 3.05) is 19.8 Å². The summed E-state index contributed by atoms with van der Waals surface area (Å²) in [6, 6.07) is 2.13. The van der Waals surface area contributed by atoms with Gasteiger partial charge < -0.3 is 9.84 Å². The number of allylic oxidation sites excluding steroid dienone is 1. The molecule has 1 atom stereocenters. The average Bonchev–Trinajstić information content (AvgIpc) is 2.20. The van der Waals surface area contributed by atoms with E-state index in [9.17, 15) is 0 Å². The second-order valence-electron chi connectivity index (χ2n) is 2.85. The molecule has 80 valence electrons. The Morgan fingerprint density at radius 3 is 2.93 bits per heavy atom. The van der Waals surface area contributed by atoms with E-state index in [4.69, 9.17) is 15.1 Å². The fourth-order valence-corrected chi connectivity index (χ4v) is 1.53. The van der Waals surface area contributed by atoms with E-state index in [0.29, 0.717) is 18.5 Å². The SMILES string of the molecule is CC/C(C#N)=C\SC(C)COCCO. The predicted molar refractivity (Wildman–Crippen MR) is 58.9 cm³/mol. The second kappa shape index (κ2) is 9.07. The van der Waals surface area contributed by atoms with E-state index in [2.05, 4.69) is 6.07 Å². The molecule has 0 bridgehead atoms. The number of rotatable bonds is 7. The van der Waals surface area contributed by atoms with Crippen LogP contribution >= 0.6 is 11.8 Å². The van der Waals surface area contributed by atoms with Gasteiger partial charge in [0.15, 0.2) is 0 Å². The largest absolute Gasteiger partial charge is 0.394 e. The number of aliphatic hydroxyl groups is 1. The van der Waals surface area contributed by atoms with Gasteiger partial charge in [-0.1, -0.05) is 13.8 Å². The van der Waals surface area contributed by atoms with Gasteiger partial charge in [-0.25, -0.2) is 0 Å². The summed E-state index contributed by atoms with van der Waals surface area (Å²) in [6.07, 6.45) is 0.772. The van der Waals surface area contributed by atoms with E-state index in [0.717, 1.165) is 12.0 Å². The van der Waals surface area contributed by atoms with Crippen LogP contribution in [0.1, 0.15) is 20.3 Å². The van der Waals surface area contributed by atoms with Crippen molar-refractivity contribution in [3.8, 4) is 6.07 Å². The Kier molecular flexibility index (Phi) is 8.75. The van der Waals surface area contributed by atoms with Crippen molar-refractivity contribution in [3.63, 3.8) is 0 Å². The number of ether oxygens (including phenoxy) is 1. The zero-order valence-electron chi connectivity index (χ0n) is 8.69. The number of thioether (sulfide) groups is 1. The van der Waals surface area contributed by atoms with Crippen molar-refractivity contribution < 1.29 is 9.84 Å². The van der Waals surface area contributed by atoms with Gasteiger partial charge in [-0.15, -0.1) is 11.8 Å². The minimum absolute atomic E-state index is 0.0611. The smallest absolute Gasteiger partial charge is 0.0952 e. The van der Waals surface area contributed by atoms with Gasteiger partial charge in [0.05, 0.1) is 25.9 Å². The summed E-state index contributed by atoms with van der Waals surface area (Å²) < 4.78 is 5.16. The number of nitrogens with zero attached hydrogens (tertiary/aromatic N) is 1. The standard InChI is InChI=1S/C10H17NO2S/c1-3-10(6-11)8-14-9(2)7-13-5-4-12/h8-9,12H,3-5,7H2,1-2H3/b10-8+. The van der Waals surface area contributed by atoms with Gasteiger partial charge in [-0.3, -0.25) is 0 Å². The monoisotopic (exact) mass is 215 g/mol. The van der Waals surface area contributed by atoms with Gasteiger partial charge in [0.2, 0.25) is 0 Å². The van der Waals surface area contributed by atoms with Crippen LogP contribution in [-0.2, 0) is 4.74 Å². The molecule has 3 nitrogen and oxygen atoms in total. The quantitative estimate of drug-likeness (QED) is 0.521. The van der Waals surface area contributed by atoms with Crippen LogP contribution in [0.5, 0.6) is 0 Å². The molecule has 0 rings (SSSR count). The van der Waals surface area contributed by atoms with Crippen LogP contribution < -0.4 is 0 Å². The summed E-state index contributed by atoms with van der Waals surface area (Å²) in [5.41, 5.74) is 0.795. The maximum atomic E-state index is 8.66. The van der Waals surface area contributed by atoms with Crippen LogP contribution in [0.4, 0.5) is 0 Å². The zero-order chi connectivity index (χ0) is 10.8. The molecule has 0 aromatic carbocycles. The molecule has 14 heavy (non-hydrogen) atoms. The molecular formula is C10H17NO2S. The van der Waals surface area contributed by atoms with Crippen LogP contribution in [0.15, 0.2) is 11.0 Å². The molecule has 0 aliphatic rings. The van der Waals surface area contributed by atoms with Gasteiger partial charge in [0, 0.05) is 10.8 Å². The first-order valence-electron chi connectivity index (χ1n) is 4.67. The van der Waals surface area contributed by atoms with Crippen LogP contribution in [0.25, 0.3) is 0 Å². The van der Waals surface area contributed by atoms with E-state index in [1.54, 1.807) is 11.8 Å². The predicted octanol–water partition coefficient (Wildman–Crippen LogP) is 1.93. The lowest BCUT2D eigenvalue weighted by atomic mass is 10.3. The summed E-state index contributed by atoms with van der Waals surface area (Å²) in [7, 11) is 0. The summed E-state index contributed by atoms with van der Waals surface area (Å²) in [4.78, 5) is 0. The average molecular weight is 215 g/mol. The molecule has 0 radical (unpaired) electrons. The summed E-state index contributed by atoms with van der Waals surface area (Å²) in [5.74, 6) is 0. The summed E-state index contributed by atoms with van der Waals surface area (Å²) >= 11 is 1.59. The van der Waals surface area contributed by atoms with Crippen LogP contribution in [0.3, 0.4) is 0 Å². The third kappa shape index (κ3) is 6.96. The van der Waals surface area contributed by atoms with Gasteiger partial charge in [0.1, 0.15) is 0 Å². The first kappa shape index (κ1) is 13.5. The molecule has 0 aliphatic carbocycles. The lowest BCUT2D eigenvalue weighted by Crippen LogP contribution is -2.09. The first-order chi connectivity index (χ1) is 6.74. The fourth-order valence-electron chi connectivity index (χ4n) is 0.740. The highest BCUT2D eigenvalue weighted by molar-refractivity contribution is 8.02. The lowest BCUT2D eigenvalue weighted by Gasteiger charge is -2.08. The van der Waals surface area contributed by atoms with E-state index in [-0.39, 0.29) is 6.61 Å². The molecule has 0 saturated carbocycles. The van der Waals surface area contributed by atoms with Gasteiger partial charge in [-0.2, -0.15) is 5.26 Å². The van der Waals surface area contributed by atoms with Crippen molar-refractivity contribution in [1.29, 1.82) is 5.26 Å². The molecule has 0 saturated heterocycles.